The maximum Gasteiger partial charge on any atom is 0.303 e. The van der Waals surface area contributed by atoms with Gasteiger partial charge in [0.15, 0.2) is 24.6 Å². The predicted octanol–water partition coefficient (Wildman–Crippen LogP) is 5.55. The summed E-state index contributed by atoms with van der Waals surface area (Å²) < 4.78 is 49.0. The van der Waals surface area contributed by atoms with Crippen molar-refractivity contribution in [3.8, 4) is 0 Å². The number of fused-ring (bicyclic) bond motifs is 8. The molecule has 0 unspecified atom stereocenters. The highest BCUT2D eigenvalue weighted by Gasteiger charge is 2.68. The molecule has 0 bridgehead atoms. The first-order valence-electron chi connectivity index (χ1n) is 20.3. The Morgan fingerprint density at radius 2 is 1.64 bits per heavy atom. The van der Waals surface area contributed by atoms with Crippen LogP contribution in [-0.2, 0) is 52.3 Å². The third-order valence-electron chi connectivity index (χ3n) is 15.2. The lowest BCUT2D eigenvalue weighted by Gasteiger charge is -2.58. The van der Waals surface area contributed by atoms with Crippen molar-refractivity contribution in [2.75, 3.05) is 13.2 Å². The largest absolute Gasteiger partial charge is 0.463 e. The van der Waals surface area contributed by atoms with Crippen LogP contribution in [0.5, 0.6) is 0 Å². The van der Waals surface area contributed by atoms with Crippen molar-refractivity contribution < 1.29 is 52.3 Å². The van der Waals surface area contributed by atoms with Crippen LogP contribution < -0.4 is 5.32 Å². The molecule has 0 aromatic heterocycles. The Morgan fingerprint density at radius 1 is 0.887 bits per heavy atom. The van der Waals surface area contributed by atoms with E-state index < -0.39 is 54.6 Å². The molecule has 0 aromatic rings. The number of hydrogen-bond acceptors (Lipinski definition) is 12. The van der Waals surface area contributed by atoms with E-state index in [-0.39, 0.29) is 23.9 Å². The van der Waals surface area contributed by atoms with E-state index in [1.54, 1.807) is 6.92 Å². The third kappa shape index (κ3) is 6.39. The molecule has 53 heavy (non-hydrogen) atoms. The zero-order valence-electron chi connectivity index (χ0n) is 32.9. The van der Waals surface area contributed by atoms with E-state index in [2.05, 4.69) is 39.1 Å². The van der Waals surface area contributed by atoms with Crippen LogP contribution in [0.3, 0.4) is 0 Å². The fraction of sp³-hybridized carbons (Fsp3) is 0.878. The van der Waals surface area contributed by atoms with Crippen LogP contribution in [-0.4, -0.2) is 85.7 Å². The Labute approximate surface area is 314 Å². The first kappa shape index (κ1) is 37.8. The minimum Gasteiger partial charge on any atom is -0.463 e. The number of hydrogen-bond donors (Lipinski definition) is 1. The smallest absolute Gasteiger partial charge is 0.303 e. The van der Waals surface area contributed by atoms with Crippen molar-refractivity contribution in [1.29, 1.82) is 0 Å². The summed E-state index contributed by atoms with van der Waals surface area (Å²) in [5, 5.41) is 3.89. The second kappa shape index (κ2) is 13.5. The van der Waals surface area contributed by atoms with Gasteiger partial charge in [0.25, 0.3) is 5.97 Å². The maximum absolute atomic E-state index is 12.2. The van der Waals surface area contributed by atoms with E-state index in [9.17, 15) is 14.4 Å². The molecule has 0 aromatic carbocycles. The zero-order chi connectivity index (χ0) is 37.7. The topological polar surface area (TPSA) is 137 Å². The minimum atomic E-state index is -1.51. The van der Waals surface area contributed by atoms with Gasteiger partial charge in [0.1, 0.15) is 18.4 Å². The normalized spacial score (nSPS) is 51.2. The lowest BCUT2D eigenvalue weighted by atomic mass is 9.47. The summed E-state index contributed by atoms with van der Waals surface area (Å²) in [5.74, 6) is 0.612. The summed E-state index contributed by atoms with van der Waals surface area (Å²) in [5.41, 5.74) is 1.77. The molecule has 0 amide bonds. The average molecular weight is 744 g/mol. The van der Waals surface area contributed by atoms with Crippen LogP contribution in [0.1, 0.15) is 113 Å². The molecule has 4 aliphatic carbocycles. The molecular weight excluding hydrogens is 682 g/mol. The highest BCUT2D eigenvalue weighted by atomic mass is 16.9. The van der Waals surface area contributed by atoms with Crippen LogP contribution in [0.2, 0.25) is 0 Å². The molecule has 0 radical (unpaired) electrons. The molecular formula is C41H61NO11. The fourth-order valence-electron chi connectivity index (χ4n) is 12.9. The zero-order valence-corrected chi connectivity index (χ0v) is 32.9. The Hall–Kier alpha value is -2.09. The fourth-order valence-corrected chi connectivity index (χ4v) is 12.9. The molecule has 4 saturated heterocycles. The SMILES string of the molecule is CC(=O)OC[C@H]1O[C@@H]2O[C@](C)(O[C@@H]3CC[C@@]4(C)C(=CC[C@H]5[C@@H]6C[C@@H]7O[C@]8(CC[C@@H](C)CN8)[C@@H](C)[C@@H]7[C@@]6(C)CC[C@@H]54)C3)O[C@@H]2[C@@H](OC(C)=O)[C@@H]1OC(C)=O. The van der Waals surface area contributed by atoms with Crippen molar-refractivity contribution in [3.05, 3.63) is 11.6 Å². The Bertz CT molecular complexity index is 1490. The van der Waals surface area contributed by atoms with Gasteiger partial charge in [-0.05, 0) is 98.2 Å². The van der Waals surface area contributed by atoms with E-state index in [0.717, 1.165) is 38.6 Å². The van der Waals surface area contributed by atoms with Gasteiger partial charge in [-0.3, -0.25) is 24.4 Å². The summed E-state index contributed by atoms with van der Waals surface area (Å²) in [6, 6.07) is 0. The first-order valence-corrected chi connectivity index (χ1v) is 20.3. The molecule has 3 saturated carbocycles. The Balaban J connectivity index is 0.951. The van der Waals surface area contributed by atoms with Crippen molar-refractivity contribution in [3.63, 3.8) is 0 Å². The summed E-state index contributed by atoms with van der Waals surface area (Å²) in [7, 11) is 0. The molecule has 17 atom stereocenters. The first-order chi connectivity index (χ1) is 25.0. The molecule has 1 N–H and O–H groups in total. The number of esters is 3. The number of allylic oxidation sites excluding steroid dienone is 1. The molecule has 8 aliphatic rings. The molecule has 4 heterocycles. The van der Waals surface area contributed by atoms with E-state index in [1.165, 1.54) is 52.0 Å². The van der Waals surface area contributed by atoms with Gasteiger partial charge in [-0.2, -0.15) is 0 Å². The highest BCUT2D eigenvalue weighted by molar-refractivity contribution is 5.68. The van der Waals surface area contributed by atoms with E-state index in [0.29, 0.717) is 47.0 Å². The molecule has 12 heteroatoms. The number of carbonyl (C=O) groups excluding carboxylic acids is 3. The summed E-state index contributed by atoms with van der Waals surface area (Å²) >= 11 is 0. The average Bonchev–Trinajstić information content (AvgIpc) is 3.67. The lowest BCUT2D eigenvalue weighted by molar-refractivity contribution is -0.360. The van der Waals surface area contributed by atoms with Crippen LogP contribution >= 0.6 is 0 Å². The van der Waals surface area contributed by atoms with Crippen LogP contribution in [0.25, 0.3) is 0 Å². The number of piperidine rings is 1. The van der Waals surface area contributed by atoms with Crippen LogP contribution in [0.15, 0.2) is 11.6 Å². The van der Waals surface area contributed by atoms with Gasteiger partial charge in [0.2, 0.25) is 0 Å². The van der Waals surface area contributed by atoms with Crippen molar-refractivity contribution >= 4 is 17.9 Å². The molecule has 8 rings (SSSR count). The van der Waals surface area contributed by atoms with E-state index in [1.807, 2.05) is 0 Å². The predicted molar refractivity (Wildman–Crippen MR) is 189 cm³/mol. The molecule has 1 spiro atoms. The molecule has 7 fully saturated rings. The molecule has 296 valence electrons. The monoisotopic (exact) mass is 743 g/mol. The van der Waals surface area contributed by atoms with Gasteiger partial charge in [-0.15, -0.1) is 0 Å². The van der Waals surface area contributed by atoms with Gasteiger partial charge in [-0.1, -0.05) is 39.3 Å². The van der Waals surface area contributed by atoms with Crippen molar-refractivity contribution in [2.24, 2.45) is 46.3 Å². The van der Waals surface area contributed by atoms with Gasteiger partial charge in [0, 0.05) is 40.2 Å². The number of rotatable bonds is 6. The second-order valence-corrected chi connectivity index (χ2v) is 18.5. The van der Waals surface area contributed by atoms with Gasteiger partial charge >= 0.3 is 17.9 Å². The minimum absolute atomic E-state index is 0.119. The number of carbonyl (C=O) groups is 3. The van der Waals surface area contributed by atoms with Crippen LogP contribution in [0, 0.1) is 46.3 Å². The van der Waals surface area contributed by atoms with Crippen molar-refractivity contribution in [1.82, 2.24) is 5.32 Å². The summed E-state index contributed by atoms with van der Waals surface area (Å²) in [6.07, 6.45) is 7.53. The maximum atomic E-state index is 12.2. The van der Waals surface area contributed by atoms with Gasteiger partial charge in [0.05, 0.1) is 12.2 Å². The van der Waals surface area contributed by atoms with Crippen molar-refractivity contribution in [2.45, 2.75) is 168 Å². The third-order valence-corrected chi connectivity index (χ3v) is 15.2. The summed E-state index contributed by atoms with van der Waals surface area (Å²) in [6.45, 7) is 16.3. The second-order valence-electron chi connectivity index (χ2n) is 18.5. The van der Waals surface area contributed by atoms with Gasteiger partial charge in [-0.25, -0.2) is 0 Å². The molecule has 12 nitrogen and oxygen atoms in total. The standard InChI is InChI=1S/C41H61NO11/c1-21-11-16-41(42-19-21)22(2)33-31(51-41)18-30-28-10-9-26-17-27(12-14-38(26,6)29(28)13-15-39(30,33)7)50-40(8)52-36-35(48-25(5)45)34(47-24(4)44)32(20-46-23(3)43)49-37(36)53-40/h9,21-22,27-37,42H,10-20H2,1-8H3/t21-,22+,27-,28-,29+,30+,31+,32-,33+,34-,35+,36-,37-,38+,39+,40-,41-/m1/s1. The van der Waals surface area contributed by atoms with E-state index >= 15 is 0 Å². The van der Waals surface area contributed by atoms with Gasteiger partial charge < -0.3 is 33.2 Å². The summed E-state index contributed by atoms with van der Waals surface area (Å²) in [4.78, 5) is 36.0. The quantitative estimate of drug-likeness (QED) is 0.208. The van der Waals surface area contributed by atoms with Crippen LogP contribution in [0.4, 0.5) is 0 Å². The Morgan fingerprint density at radius 3 is 2.34 bits per heavy atom. The number of ether oxygens (including phenoxy) is 8. The molecule has 4 aliphatic heterocycles. The number of nitrogens with one attached hydrogen (secondary N) is 1. The van der Waals surface area contributed by atoms with E-state index in [4.69, 9.17) is 37.9 Å². The lowest BCUT2D eigenvalue weighted by Crippen LogP contribution is -2.60. The Kier molecular flexibility index (Phi) is 9.66. The highest BCUT2D eigenvalue weighted by Crippen LogP contribution is 2.70.